The monoisotopic (exact) mass is 759 g/mol. The normalized spacial score (nSPS) is 23.2. The van der Waals surface area contributed by atoms with Gasteiger partial charge in [-0.15, -0.1) is 0 Å². The van der Waals surface area contributed by atoms with Gasteiger partial charge in [0.1, 0.15) is 0 Å². The Kier molecular flexibility index (Phi) is 6.49. The Morgan fingerprint density at radius 2 is 0.864 bits per heavy atom. The minimum absolute atomic E-state index is 0.0894. The van der Waals surface area contributed by atoms with E-state index in [2.05, 4.69) is 158 Å². The number of rotatable bonds is 3. The molecule has 1 nitrogen and oxygen atoms in total. The predicted molar refractivity (Wildman–Crippen MR) is 243 cm³/mol. The van der Waals surface area contributed by atoms with Crippen molar-refractivity contribution in [2.45, 2.75) is 99.7 Å². The lowest BCUT2D eigenvalue weighted by Gasteiger charge is -2.48. The van der Waals surface area contributed by atoms with Crippen LogP contribution in [0.2, 0.25) is 0 Å². The average molecular weight is 760 g/mol. The Morgan fingerprint density at radius 1 is 0.407 bits per heavy atom. The van der Waals surface area contributed by atoms with Gasteiger partial charge in [0, 0.05) is 16.7 Å². The molecule has 0 radical (unpaired) electrons. The molecular formula is C58H49N. The minimum Gasteiger partial charge on any atom is -0.309 e. The first-order valence-electron chi connectivity index (χ1n) is 22.7. The van der Waals surface area contributed by atoms with Gasteiger partial charge in [-0.1, -0.05) is 135 Å². The molecular weight excluding hydrogens is 711 g/mol. The van der Waals surface area contributed by atoms with Crippen molar-refractivity contribution in [1.82, 2.24) is 0 Å². The summed E-state index contributed by atoms with van der Waals surface area (Å²) < 4.78 is 0. The third-order valence-electron chi connectivity index (χ3n) is 16.9. The van der Waals surface area contributed by atoms with E-state index in [4.69, 9.17) is 0 Å². The number of benzene rings is 7. The summed E-state index contributed by atoms with van der Waals surface area (Å²) >= 11 is 0. The van der Waals surface area contributed by atoms with E-state index in [-0.39, 0.29) is 10.8 Å². The fraction of sp³-hybridized carbons (Fsp3) is 0.276. The van der Waals surface area contributed by atoms with Crippen molar-refractivity contribution >= 4 is 17.1 Å². The van der Waals surface area contributed by atoms with Gasteiger partial charge in [0.05, 0.1) is 16.8 Å². The number of hydrogen-bond donors (Lipinski definition) is 0. The first-order chi connectivity index (χ1) is 29.0. The molecule has 4 bridgehead atoms. The van der Waals surface area contributed by atoms with Crippen molar-refractivity contribution < 1.29 is 0 Å². The van der Waals surface area contributed by atoms with Crippen molar-refractivity contribution in [1.29, 1.82) is 0 Å². The summed E-state index contributed by atoms with van der Waals surface area (Å²) in [7, 11) is 0. The second kappa shape index (κ2) is 11.5. The van der Waals surface area contributed by atoms with Crippen LogP contribution in [0, 0.1) is 0 Å². The van der Waals surface area contributed by atoms with Crippen molar-refractivity contribution in [3.05, 3.63) is 195 Å². The highest BCUT2D eigenvalue weighted by molar-refractivity contribution is 6.02. The Bertz CT molecular complexity index is 2870. The molecule has 16 rings (SSSR count). The van der Waals surface area contributed by atoms with Gasteiger partial charge in [-0.25, -0.2) is 0 Å². The summed E-state index contributed by atoms with van der Waals surface area (Å²) in [5.41, 5.74) is 27.5. The first-order valence-corrected chi connectivity index (χ1v) is 22.7. The molecule has 1 spiro atoms. The average Bonchev–Trinajstić information content (AvgIpc) is 3.86. The molecule has 0 saturated heterocycles. The van der Waals surface area contributed by atoms with Gasteiger partial charge in [-0.2, -0.15) is 0 Å². The molecule has 0 aliphatic heterocycles. The Labute approximate surface area is 348 Å². The fourth-order valence-electron chi connectivity index (χ4n) is 14.4. The topological polar surface area (TPSA) is 3.24 Å². The van der Waals surface area contributed by atoms with Crippen LogP contribution in [0.4, 0.5) is 17.1 Å². The van der Waals surface area contributed by atoms with Crippen LogP contribution in [-0.2, 0) is 10.8 Å². The van der Waals surface area contributed by atoms with E-state index < -0.39 is 0 Å². The quantitative estimate of drug-likeness (QED) is 0.173. The van der Waals surface area contributed by atoms with Crippen molar-refractivity contribution in [3.8, 4) is 33.4 Å². The van der Waals surface area contributed by atoms with Crippen LogP contribution < -0.4 is 4.90 Å². The van der Waals surface area contributed by atoms with Crippen molar-refractivity contribution in [2.75, 3.05) is 4.90 Å². The van der Waals surface area contributed by atoms with Crippen LogP contribution in [0.1, 0.15) is 145 Å². The van der Waals surface area contributed by atoms with Crippen LogP contribution in [0.15, 0.2) is 140 Å². The Morgan fingerprint density at radius 3 is 1.46 bits per heavy atom. The maximum Gasteiger partial charge on any atom is 0.0726 e. The van der Waals surface area contributed by atoms with E-state index in [1.54, 1.807) is 27.9 Å². The van der Waals surface area contributed by atoms with Crippen LogP contribution in [0.3, 0.4) is 0 Å². The second-order valence-electron chi connectivity index (χ2n) is 19.7. The number of anilines is 3. The van der Waals surface area contributed by atoms with E-state index >= 15 is 0 Å². The highest BCUT2D eigenvalue weighted by Gasteiger charge is 2.53. The number of nitrogens with zero attached hydrogens (tertiary/aromatic N) is 1. The number of fused-ring (bicyclic) bond motifs is 17. The summed E-state index contributed by atoms with van der Waals surface area (Å²) in [6, 6.07) is 54.9. The van der Waals surface area contributed by atoms with Gasteiger partial charge in [0.15, 0.2) is 0 Å². The largest absolute Gasteiger partial charge is 0.309 e. The van der Waals surface area contributed by atoms with Gasteiger partial charge in [0.25, 0.3) is 0 Å². The summed E-state index contributed by atoms with van der Waals surface area (Å²) in [4.78, 5) is 2.87. The summed E-state index contributed by atoms with van der Waals surface area (Å²) in [6.07, 6.45) is 10.7. The summed E-state index contributed by atoms with van der Waals surface area (Å²) in [5, 5.41) is 0. The first kappa shape index (κ1) is 33.2. The zero-order chi connectivity index (χ0) is 38.8. The number of hydrogen-bond acceptors (Lipinski definition) is 1. The molecule has 1 heteroatoms. The molecule has 2 saturated carbocycles. The summed E-state index contributed by atoms with van der Waals surface area (Å²) in [5.74, 6) is 2.62. The van der Waals surface area contributed by atoms with Gasteiger partial charge >= 0.3 is 0 Å². The van der Waals surface area contributed by atoms with E-state index in [0.717, 1.165) is 0 Å². The van der Waals surface area contributed by atoms with Gasteiger partial charge < -0.3 is 4.90 Å². The maximum atomic E-state index is 2.87. The van der Waals surface area contributed by atoms with E-state index in [1.165, 1.54) is 130 Å². The highest BCUT2D eigenvalue weighted by atomic mass is 15.2. The molecule has 0 heterocycles. The van der Waals surface area contributed by atoms with Crippen LogP contribution in [-0.4, -0.2) is 0 Å². The molecule has 0 N–H and O–H groups in total. The molecule has 7 aromatic carbocycles. The van der Waals surface area contributed by atoms with Gasteiger partial charge in [-0.05, 0) is 177 Å². The third-order valence-corrected chi connectivity index (χ3v) is 16.9. The second-order valence-corrected chi connectivity index (χ2v) is 19.7. The van der Waals surface area contributed by atoms with Crippen LogP contribution in [0.25, 0.3) is 33.4 Å². The van der Waals surface area contributed by atoms with E-state index in [0.29, 0.717) is 23.7 Å². The standard InChI is InChI=1S/C58H49N/c1-57(2)46-16-7-3-12-39(46)42-31-30-38(32-51(42)57)59(56-53-36-26-22-34(23-27-36)44(53)33-45-35-24-28-37(29-25-35)54(45)56)52-21-11-20-50-55(52)43-15-6-10-19-49(43)58(50)47-17-8-4-13-40(47)41-14-5-9-18-48(41)58/h3-21,30-37H,22-29H2,1-2H3. The van der Waals surface area contributed by atoms with E-state index in [1.807, 2.05) is 0 Å². The lowest BCUT2D eigenvalue weighted by molar-refractivity contribution is 0.342. The molecule has 286 valence electrons. The van der Waals surface area contributed by atoms with Crippen LogP contribution >= 0.6 is 0 Å². The lowest BCUT2D eigenvalue weighted by Crippen LogP contribution is -2.31. The minimum atomic E-state index is -0.379. The zero-order valence-corrected chi connectivity index (χ0v) is 34.2. The highest BCUT2D eigenvalue weighted by Crippen LogP contribution is 2.67. The van der Waals surface area contributed by atoms with Gasteiger partial charge in [0.2, 0.25) is 0 Å². The summed E-state index contributed by atoms with van der Waals surface area (Å²) in [6.45, 7) is 4.90. The smallest absolute Gasteiger partial charge is 0.0726 e. The van der Waals surface area contributed by atoms with Crippen molar-refractivity contribution in [2.24, 2.45) is 0 Å². The predicted octanol–water partition coefficient (Wildman–Crippen LogP) is 15.3. The zero-order valence-electron chi connectivity index (χ0n) is 34.2. The fourth-order valence-corrected chi connectivity index (χ4v) is 14.4. The molecule has 9 aliphatic carbocycles. The molecule has 0 unspecified atom stereocenters. The third kappa shape index (κ3) is 4.03. The van der Waals surface area contributed by atoms with Crippen molar-refractivity contribution in [3.63, 3.8) is 0 Å². The van der Waals surface area contributed by atoms with Crippen LogP contribution in [0.5, 0.6) is 0 Å². The molecule has 2 fully saturated rings. The Balaban J connectivity index is 1.12. The van der Waals surface area contributed by atoms with E-state index in [9.17, 15) is 0 Å². The Hall–Kier alpha value is -5.66. The molecule has 0 aromatic heterocycles. The molecule has 0 amide bonds. The molecule has 7 aromatic rings. The molecule has 0 atom stereocenters. The molecule has 9 aliphatic rings. The lowest BCUT2D eigenvalue weighted by atomic mass is 9.60. The molecule has 59 heavy (non-hydrogen) atoms. The maximum absolute atomic E-state index is 2.87. The SMILES string of the molecule is CC1(C)c2ccccc2-c2ccc(N(c3cccc4c3-c3ccccc3C43c4ccccc4-c4ccccc43)c3c4c(cc5c3C3CCC5CC3)C3CCC4CC3)cc21. The van der Waals surface area contributed by atoms with Gasteiger partial charge in [-0.3, -0.25) is 0 Å².